The zero-order chi connectivity index (χ0) is 25.9. The zero-order valence-corrected chi connectivity index (χ0v) is 20.8. The maximum atomic E-state index is 13.4. The highest BCUT2D eigenvalue weighted by molar-refractivity contribution is 5.96. The number of para-hydroxylation sites is 1. The first-order valence-corrected chi connectivity index (χ1v) is 11.7. The molecule has 3 rings (SSSR count). The predicted molar refractivity (Wildman–Crippen MR) is 136 cm³/mol. The van der Waals surface area contributed by atoms with Crippen LogP contribution in [0.1, 0.15) is 33.5 Å². The van der Waals surface area contributed by atoms with Gasteiger partial charge < -0.3 is 15.6 Å². The molecule has 0 saturated heterocycles. The number of hydrogen-bond donors (Lipinski definition) is 4. The summed E-state index contributed by atoms with van der Waals surface area (Å²) >= 11 is 0. The smallest absolute Gasteiger partial charge is 0.330 e. The number of quaternary nitrogens is 1. The fourth-order valence-electron chi connectivity index (χ4n) is 3.99. The molecule has 5 N–H and O–H groups in total. The number of anilines is 2. The van der Waals surface area contributed by atoms with Crippen molar-refractivity contribution in [2.75, 3.05) is 30.8 Å². The van der Waals surface area contributed by atoms with Crippen molar-refractivity contribution in [3.05, 3.63) is 61.3 Å². The highest BCUT2D eigenvalue weighted by Gasteiger charge is 2.27. The maximum Gasteiger partial charge on any atom is 0.330 e. The molecule has 0 radical (unpaired) electrons. The Hall–Kier alpha value is -3.73. The number of H-pyrrole nitrogens is 2. The van der Waals surface area contributed by atoms with E-state index in [1.54, 1.807) is 25.2 Å². The molecule has 0 spiro atoms. The van der Waals surface area contributed by atoms with Gasteiger partial charge in [0.15, 0.2) is 18.1 Å². The molecule has 2 heterocycles. The van der Waals surface area contributed by atoms with Crippen molar-refractivity contribution in [1.29, 1.82) is 0 Å². The summed E-state index contributed by atoms with van der Waals surface area (Å²) in [6, 6.07) is 7.05. The SMILES string of the molecule is CC(C)CN(C(=O)C[NH+](C)Cc1nc2ccccc2c(=O)[nH]1)c1c(N)n(CC(C)C)c(=O)[nH]c1=O. The third kappa shape index (κ3) is 6.04. The number of nitrogens with zero attached hydrogens (tertiary/aromatic N) is 3. The molecular formula is C24H34N7O4+. The minimum absolute atomic E-state index is 0.0193. The lowest BCUT2D eigenvalue weighted by molar-refractivity contribution is -0.886. The van der Waals surface area contributed by atoms with Crippen molar-refractivity contribution in [3.8, 4) is 0 Å². The van der Waals surface area contributed by atoms with E-state index in [2.05, 4.69) is 15.0 Å². The van der Waals surface area contributed by atoms with E-state index in [9.17, 15) is 19.2 Å². The summed E-state index contributed by atoms with van der Waals surface area (Å²) in [5.41, 5.74) is 5.29. The molecule has 35 heavy (non-hydrogen) atoms. The number of carbonyl (C=O) groups excluding carboxylic acids is 1. The second-order valence-electron chi connectivity index (χ2n) is 9.74. The summed E-state index contributed by atoms with van der Waals surface area (Å²) in [6.45, 7) is 8.58. The lowest BCUT2D eigenvalue weighted by Crippen LogP contribution is -3.09. The molecule has 1 atom stereocenters. The maximum absolute atomic E-state index is 13.4. The van der Waals surface area contributed by atoms with Gasteiger partial charge in [-0.1, -0.05) is 39.8 Å². The van der Waals surface area contributed by atoms with Crippen LogP contribution in [0.25, 0.3) is 10.9 Å². The van der Waals surface area contributed by atoms with Crippen molar-refractivity contribution in [1.82, 2.24) is 19.5 Å². The number of nitrogens with two attached hydrogens (primary N) is 1. The van der Waals surface area contributed by atoms with Gasteiger partial charge >= 0.3 is 5.69 Å². The van der Waals surface area contributed by atoms with Gasteiger partial charge in [0.2, 0.25) is 0 Å². The van der Waals surface area contributed by atoms with Gasteiger partial charge in [-0.05, 0) is 24.0 Å². The molecule has 0 aliphatic carbocycles. The molecule has 1 unspecified atom stereocenters. The summed E-state index contributed by atoms with van der Waals surface area (Å²) in [4.78, 5) is 62.6. The van der Waals surface area contributed by atoms with Crippen molar-refractivity contribution in [2.24, 2.45) is 11.8 Å². The lowest BCUT2D eigenvalue weighted by atomic mass is 10.2. The van der Waals surface area contributed by atoms with Crippen LogP contribution in [0.2, 0.25) is 0 Å². The van der Waals surface area contributed by atoms with Gasteiger partial charge in [-0.25, -0.2) is 9.78 Å². The highest BCUT2D eigenvalue weighted by Crippen LogP contribution is 2.19. The van der Waals surface area contributed by atoms with Crippen molar-refractivity contribution >= 4 is 28.3 Å². The molecule has 11 heteroatoms. The first-order chi connectivity index (χ1) is 16.5. The number of rotatable bonds is 9. The monoisotopic (exact) mass is 484 g/mol. The second kappa shape index (κ2) is 10.7. The number of nitrogen functional groups attached to an aromatic ring is 1. The molecule has 188 valence electrons. The van der Waals surface area contributed by atoms with E-state index in [1.165, 1.54) is 9.47 Å². The Bertz CT molecular complexity index is 1390. The summed E-state index contributed by atoms with van der Waals surface area (Å²) < 4.78 is 1.29. The van der Waals surface area contributed by atoms with E-state index in [1.807, 2.05) is 33.8 Å². The molecule has 2 aromatic heterocycles. The van der Waals surface area contributed by atoms with E-state index in [-0.39, 0.29) is 47.9 Å². The van der Waals surface area contributed by atoms with Gasteiger partial charge in [-0.15, -0.1) is 0 Å². The van der Waals surface area contributed by atoms with Crippen LogP contribution < -0.4 is 32.3 Å². The summed E-state index contributed by atoms with van der Waals surface area (Å²) in [5, 5.41) is 0.499. The standard InChI is InChI=1S/C24H33N7O4/c1-14(2)10-30(20-21(25)31(11-15(3)4)24(35)28-23(20)34)19(32)13-29(5)12-18-26-17-9-7-6-8-16(17)22(33)27-18/h6-9,14-15H,10-13,25H2,1-5H3,(H,26,27,33)(H,28,34,35)/p+1. The molecule has 0 saturated carbocycles. The molecule has 0 fully saturated rings. The van der Waals surface area contributed by atoms with Crippen molar-refractivity contribution in [2.45, 2.75) is 40.8 Å². The topological polar surface area (TPSA) is 151 Å². The van der Waals surface area contributed by atoms with Crippen LogP contribution >= 0.6 is 0 Å². The molecule has 1 amide bonds. The Morgan fingerprint density at radius 2 is 1.77 bits per heavy atom. The Balaban J connectivity index is 1.89. The van der Waals surface area contributed by atoms with E-state index in [4.69, 9.17) is 5.73 Å². The van der Waals surface area contributed by atoms with Crippen molar-refractivity contribution < 1.29 is 9.69 Å². The zero-order valence-electron chi connectivity index (χ0n) is 20.8. The normalized spacial score (nSPS) is 12.4. The number of amides is 1. The third-order valence-electron chi connectivity index (χ3n) is 5.46. The largest absolute Gasteiger partial charge is 0.383 e. The fraction of sp³-hybridized carbons (Fsp3) is 0.458. The number of aromatic nitrogens is 4. The van der Waals surface area contributed by atoms with Gasteiger partial charge in [0.25, 0.3) is 17.0 Å². The second-order valence-corrected chi connectivity index (χ2v) is 9.74. The molecule has 0 bridgehead atoms. The van der Waals surface area contributed by atoms with Crippen LogP contribution in [0.4, 0.5) is 11.5 Å². The van der Waals surface area contributed by atoms with E-state index in [0.717, 1.165) is 4.90 Å². The van der Waals surface area contributed by atoms with Gasteiger partial charge in [0.1, 0.15) is 12.4 Å². The third-order valence-corrected chi connectivity index (χ3v) is 5.46. The van der Waals surface area contributed by atoms with Crippen LogP contribution in [0.5, 0.6) is 0 Å². The predicted octanol–water partition coefficient (Wildman–Crippen LogP) is -0.285. The molecular weight excluding hydrogens is 450 g/mol. The fourth-order valence-corrected chi connectivity index (χ4v) is 3.99. The Morgan fingerprint density at radius 3 is 2.43 bits per heavy atom. The molecule has 1 aromatic carbocycles. The van der Waals surface area contributed by atoms with E-state index >= 15 is 0 Å². The Kier molecular flexibility index (Phi) is 7.90. The lowest BCUT2D eigenvalue weighted by Gasteiger charge is -2.27. The van der Waals surface area contributed by atoms with Crippen molar-refractivity contribution in [3.63, 3.8) is 0 Å². The minimum Gasteiger partial charge on any atom is -0.383 e. The number of nitrogens with one attached hydrogen (secondary N) is 3. The van der Waals surface area contributed by atoms with Gasteiger partial charge in [0, 0.05) is 13.1 Å². The van der Waals surface area contributed by atoms with Crippen LogP contribution in [-0.4, -0.2) is 45.6 Å². The number of fused-ring (bicyclic) bond motifs is 1. The quantitative estimate of drug-likeness (QED) is 0.328. The molecule has 3 aromatic rings. The first-order valence-electron chi connectivity index (χ1n) is 11.7. The Morgan fingerprint density at radius 1 is 1.09 bits per heavy atom. The first kappa shape index (κ1) is 25.9. The summed E-state index contributed by atoms with van der Waals surface area (Å²) in [6.07, 6.45) is 0. The number of benzene rings is 1. The van der Waals surface area contributed by atoms with Crippen LogP contribution in [0.3, 0.4) is 0 Å². The van der Waals surface area contributed by atoms with Crippen LogP contribution in [0.15, 0.2) is 38.6 Å². The van der Waals surface area contributed by atoms with Gasteiger partial charge in [-0.3, -0.25) is 28.8 Å². The van der Waals surface area contributed by atoms with Gasteiger partial charge in [0.05, 0.1) is 18.0 Å². The number of likely N-dealkylation sites (N-methyl/N-ethyl adjacent to an activating group) is 1. The Labute approximate surface area is 202 Å². The number of aromatic amines is 2. The van der Waals surface area contributed by atoms with Gasteiger partial charge in [-0.2, -0.15) is 0 Å². The van der Waals surface area contributed by atoms with Crippen LogP contribution in [-0.2, 0) is 17.9 Å². The summed E-state index contributed by atoms with van der Waals surface area (Å²) in [5.74, 6) is 0.250. The average Bonchev–Trinajstić information content (AvgIpc) is 2.75. The van der Waals surface area contributed by atoms with E-state index < -0.39 is 11.2 Å². The summed E-state index contributed by atoms with van der Waals surface area (Å²) in [7, 11) is 1.80. The minimum atomic E-state index is -0.695. The average molecular weight is 485 g/mol. The molecule has 0 aliphatic rings. The van der Waals surface area contributed by atoms with Crippen LogP contribution in [0, 0.1) is 11.8 Å². The molecule has 0 aliphatic heterocycles. The highest BCUT2D eigenvalue weighted by atomic mass is 16.2. The van der Waals surface area contributed by atoms with E-state index in [0.29, 0.717) is 29.8 Å². The number of hydrogen-bond acceptors (Lipinski definition) is 6. The molecule has 11 nitrogen and oxygen atoms in total. The number of carbonyl (C=O) groups is 1.